The molecule has 3 unspecified atom stereocenters. The van der Waals surface area contributed by atoms with Crippen molar-refractivity contribution in [2.45, 2.75) is 83.5 Å². The molecule has 0 aromatic rings. The molecule has 29 heavy (non-hydrogen) atoms. The first-order valence-electron chi connectivity index (χ1n) is 10.8. The van der Waals surface area contributed by atoms with Gasteiger partial charge >= 0.3 is 14.6 Å². The van der Waals surface area contributed by atoms with Gasteiger partial charge in [0.05, 0.1) is 34.2 Å². The number of carboxylic acids is 1. The highest BCUT2D eigenvalue weighted by atomic mass is 31.2. The Bertz CT molecular complexity index is 407. The molecule has 0 aliphatic rings. The van der Waals surface area contributed by atoms with Gasteiger partial charge in [-0.1, -0.05) is 45.4 Å². The van der Waals surface area contributed by atoms with Crippen molar-refractivity contribution in [1.82, 2.24) is 0 Å². The minimum Gasteiger partial charge on any atom is -0.481 e. The van der Waals surface area contributed by atoms with Crippen molar-refractivity contribution in [3.63, 3.8) is 0 Å². The molecule has 0 aromatic heterocycles. The van der Waals surface area contributed by atoms with Crippen LogP contribution in [0.2, 0.25) is 0 Å². The van der Waals surface area contributed by atoms with Crippen LogP contribution in [-0.2, 0) is 18.6 Å². The number of unbranched alkanes of at least 4 members (excludes halogenated alkanes) is 7. The maximum absolute atomic E-state index is 11.0. The lowest BCUT2D eigenvalue weighted by atomic mass is 10.1. The molecule has 3 N–H and O–H groups in total. The molecule has 0 bridgehead atoms. The average Bonchev–Trinajstić information content (AvgIpc) is 2.63. The van der Waals surface area contributed by atoms with Gasteiger partial charge in [0.15, 0.2) is 6.10 Å². The van der Waals surface area contributed by atoms with Crippen molar-refractivity contribution in [1.29, 1.82) is 0 Å². The van der Waals surface area contributed by atoms with E-state index in [1.165, 1.54) is 25.7 Å². The summed E-state index contributed by atoms with van der Waals surface area (Å²) >= 11 is 0. The SMILES string of the molecule is CCCOCCCCCCCCCCOP(O)OC(CC(=O)O)C(O)[N+](C)(C)C. The smallest absolute Gasteiger partial charge is 0.330 e. The maximum atomic E-state index is 11.0. The highest BCUT2D eigenvalue weighted by Gasteiger charge is 2.35. The van der Waals surface area contributed by atoms with E-state index in [0.29, 0.717) is 6.61 Å². The molecular weight excluding hydrogens is 397 g/mol. The standard InChI is InChI=1S/C20H42NO7P/c1-5-14-26-15-12-10-8-6-7-9-11-13-16-27-29(25)28-18(17-19(22)23)20(24)21(2,3)4/h18,20,24-25H,5-17H2,1-4H3/p+1. The third-order valence-electron chi connectivity index (χ3n) is 4.46. The minimum absolute atomic E-state index is 0.104. The zero-order valence-electron chi connectivity index (χ0n) is 18.7. The van der Waals surface area contributed by atoms with Crippen LogP contribution in [0.15, 0.2) is 0 Å². The summed E-state index contributed by atoms with van der Waals surface area (Å²) in [6.07, 6.45) is 7.54. The van der Waals surface area contributed by atoms with Gasteiger partial charge in [-0.15, -0.1) is 0 Å². The van der Waals surface area contributed by atoms with Crippen LogP contribution in [0.25, 0.3) is 0 Å². The van der Waals surface area contributed by atoms with Gasteiger partial charge < -0.3 is 28.9 Å². The van der Waals surface area contributed by atoms with Crippen LogP contribution < -0.4 is 0 Å². The first kappa shape index (κ1) is 28.7. The number of likely N-dealkylation sites (N-methyl/N-ethyl adjacent to an activating group) is 1. The Morgan fingerprint density at radius 2 is 1.45 bits per heavy atom. The number of aliphatic carboxylic acids is 1. The lowest BCUT2D eigenvalue weighted by molar-refractivity contribution is -0.922. The highest BCUT2D eigenvalue weighted by Crippen LogP contribution is 2.37. The lowest BCUT2D eigenvalue weighted by Crippen LogP contribution is -2.52. The number of hydrogen-bond donors (Lipinski definition) is 3. The summed E-state index contributed by atoms with van der Waals surface area (Å²) in [6, 6.07) is 0. The Balaban J connectivity index is 3.76. The molecule has 0 amide bonds. The van der Waals surface area contributed by atoms with Crippen molar-refractivity contribution in [3.05, 3.63) is 0 Å². The number of nitrogens with zero attached hydrogens (tertiary/aromatic N) is 1. The molecule has 0 saturated heterocycles. The van der Waals surface area contributed by atoms with Gasteiger partial charge in [-0.05, 0) is 19.3 Å². The summed E-state index contributed by atoms with van der Waals surface area (Å²) in [7, 11) is 2.96. The minimum atomic E-state index is -2.21. The van der Waals surface area contributed by atoms with Crippen LogP contribution in [0.3, 0.4) is 0 Å². The van der Waals surface area contributed by atoms with E-state index in [1.807, 2.05) is 0 Å². The molecule has 0 aliphatic heterocycles. The normalized spacial score (nSPS) is 15.2. The monoisotopic (exact) mass is 440 g/mol. The van der Waals surface area contributed by atoms with E-state index in [4.69, 9.17) is 18.9 Å². The Hall–Kier alpha value is -0.340. The molecule has 0 aromatic carbocycles. The van der Waals surface area contributed by atoms with Gasteiger partial charge in [-0.3, -0.25) is 9.32 Å². The largest absolute Gasteiger partial charge is 0.481 e. The van der Waals surface area contributed by atoms with Gasteiger partial charge in [0.1, 0.15) is 0 Å². The molecule has 3 atom stereocenters. The zero-order valence-corrected chi connectivity index (χ0v) is 19.6. The van der Waals surface area contributed by atoms with E-state index in [9.17, 15) is 14.8 Å². The van der Waals surface area contributed by atoms with Gasteiger partial charge in [0.2, 0.25) is 6.23 Å². The molecule has 0 spiro atoms. The predicted molar refractivity (Wildman–Crippen MR) is 114 cm³/mol. The Morgan fingerprint density at radius 1 is 0.931 bits per heavy atom. The average molecular weight is 441 g/mol. The van der Waals surface area contributed by atoms with E-state index < -0.39 is 33.3 Å². The van der Waals surface area contributed by atoms with Crippen LogP contribution in [0, 0.1) is 0 Å². The van der Waals surface area contributed by atoms with E-state index >= 15 is 0 Å². The second kappa shape index (κ2) is 17.4. The fraction of sp³-hybridized carbons (Fsp3) is 0.950. The zero-order chi connectivity index (χ0) is 22.1. The summed E-state index contributed by atoms with van der Waals surface area (Å²) in [6.45, 7) is 4.21. The molecule has 0 aliphatic carbocycles. The van der Waals surface area contributed by atoms with Crippen molar-refractivity contribution >= 4 is 14.6 Å². The highest BCUT2D eigenvalue weighted by molar-refractivity contribution is 7.40. The van der Waals surface area contributed by atoms with Crippen LogP contribution in [0.4, 0.5) is 0 Å². The molecule has 9 heteroatoms. The van der Waals surface area contributed by atoms with Gasteiger partial charge in [-0.2, -0.15) is 0 Å². The van der Waals surface area contributed by atoms with E-state index in [1.54, 1.807) is 21.1 Å². The quantitative estimate of drug-likeness (QED) is 0.115. The molecule has 0 rings (SSSR count). The predicted octanol–water partition coefficient (Wildman–Crippen LogP) is 3.65. The first-order valence-corrected chi connectivity index (χ1v) is 11.9. The number of rotatable bonds is 20. The molecule has 0 radical (unpaired) electrons. The maximum Gasteiger partial charge on any atom is 0.330 e. The summed E-state index contributed by atoms with van der Waals surface area (Å²) in [5.74, 6) is -1.10. The third-order valence-corrected chi connectivity index (χ3v) is 5.32. The van der Waals surface area contributed by atoms with Crippen LogP contribution in [-0.4, -0.2) is 78.9 Å². The van der Waals surface area contributed by atoms with E-state index in [2.05, 4.69) is 6.92 Å². The fourth-order valence-electron chi connectivity index (χ4n) is 2.77. The molecule has 0 fully saturated rings. The number of aliphatic hydroxyl groups excluding tert-OH is 1. The van der Waals surface area contributed by atoms with Crippen molar-refractivity contribution < 1.29 is 38.2 Å². The fourth-order valence-corrected chi connectivity index (χ4v) is 3.53. The Kier molecular flexibility index (Phi) is 17.1. The van der Waals surface area contributed by atoms with Crippen LogP contribution >= 0.6 is 8.60 Å². The topological polar surface area (TPSA) is 105 Å². The summed E-state index contributed by atoms with van der Waals surface area (Å²) in [5.41, 5.74) is 0. The second-order valence-electron chi connectivity index (χ2n) is 8.28. The molecule has 8 nitrogen and oxygen atoms in total. The first-order chi connectivity index (χ1) is 13.7. The summed E-state index contributed by atoms with van der Waals surface area (Å²) in [4.78, 5) is 20.9. The Labute approximate surface area is 177 Å². The number of carboxylic acid groups (broad SMARTS) is 1. The van der Waals surface area contributed by atoms with Crippen LogP contribution in [0.5, 0.6) is 0 Å². The third kappa shape index (κ3) is 17.1. The van der Waals surface area contributed by atoms with E-state index in [-0.39, 0.29) is 4.48 Å². The van der Waals surface area contributed by atoms with Gasteiger partial charge in [0, 0.05) is 13.2 Å². The lowest BCUT2D eigenvalue weighted by Gasteiger charge is -2.34. The number of carbonyl (C=O) groups is 1. The summed E-state index contributed by atoms with van der Waals surface area (Å²) < 4.78 is 16.1. The summed E-state index contributed by atoms with van der Waals surface area (Å²) in [5, 5.41) is 19.2. The van der Waals surface area contributed by atoms with Crippen LogP contribution in [0.1, 0.15) is 71.1 Å². The molecule has 0 heterocycles. The van der Waals surface area contributed by atoms with Gasteiger partial charge in [-0.25, -0.2) is 0 Å². The van der Waals surface area contributed by atoms with Gasteiger partial charge in [0.25, 0.3) is 0 Å². The van der Waals surface area contributed by atoms with Crippen molar-refractivity contribution in [2.24, 2.45) is 0 Å². The van der Waals surface area contributed by atoms with Crippen molar-refractivity contribution in [3.8, 4) is 0 Å². The molecule has 0 saturated carbocycles. The van der Waals surface area contributed by atoms with E-state index in [0.717, 1.165) is 45.3 Å². The molecule has 174 valence electrons. The number of ether oxygens (including phenoxy) is 1. The number of aliphatic hydroxyl groups is 1. The molecular formula is C20H43NO7P+. The van der Waals surface area contributed by atoms with Crippen molar-refractivity contribution in [2.75, 3.05) is 41.0 Å². The number of hydrogen-bond acceptors (Lipinski definition) is 6. The number of quaternary nitrogens is 1. The second-order valence-corrected chi connectivity index (χ2v) is 9.23. The Morgan fingerprint density at radius 3 is 1.93 bits per heavy atom.